The van der Waals surface area contributed by atoms with Crippen LogP contribution < -0.4 is 0 Å². The first-order valence-electron chi connectivity index (χ1n) is 17.9. The van der Waals surface area contributed by atoms with Crippen LogP contribution in [0.15, 0.2) is 158 Å². The molecule has 0 amide bonds. The molecule has 3 aromatic heterocycles. The molecular weight excluding hydrogens is 689 g/mol. The van der Waals surface area contributed by atoms with E-state index in [1.807, 2.05) is 133 Å². The predicted octanol–water partition coefficient (Wildman–Crippen LogP) is 11.4. The van der Waals surface area contributed by atoms with Crippen molar-refractivity contribution < 1.29 is 0 Å². The van der Waals surface area contributed by atoms with Crippen LogP contribution in [-0.4, -0.2) is 24.1 Å². The lowest BCUT2D eigenvalue weighted by Gasteiger charge is -2.20. The lowest BCUT2D eigenvalue weighted by molar-refractivity contribution is 1.05. The van der Waals surface area contributed by atoms with Gasteiger partial charge in [-0.05, 0) is 60.0 Å². The van der Waals surface area contributed by atoms with Gasteiger partial charge in [0.15, 0.2) is 23.2 Å². The van der Waals surface area contributed by atoms with Gasteiger partial charge in [-0.15, -0.1) is 0 Å². The molecule has 0 spiro atoms. The summed E-state index contributed by atoms with van der Waals surface area (Å²) in [6, 6.07) is 55.8. The summed E-state index contributed by atoms with van der Waals surface area (Å²) in [6.07, 6.45) is 0. The largest absolute Gasteiger partial charge is 0.308 e. The number of hydrogen-bond donors (Lipinski definition) is 0. The Labute approximate surface area is 320 Å². The zero-order valence-corrected chi connectivity index (χ0v) is 29.6. The Morgan fingerprint density at radius 1 is 0.446 bits per heavy atom. The molecule has 0 unspecified atom stereocenters. The van der Waals surface area contributed by atoms with Gasteiger partial charge in [0, 0.05) is 27.3 Å². The first-order valence-corrected chi connectivity index (χ1v) is 17.9. The van der Waals surface area contributed by atoms with Crippen LogP contribution in [0.5, 0.6) is 0 Å². The molecule has 8 nitrogen and oxygen atoms in total. The number of fused-ring (bicyclic) bond motifs is 6. The second-order valence-electron chi connectivity index (χ2n) is 13.4. The monoisotopic (exact) mass is 714 g/mol. The SMILES string of the molecule is [C-]#[N+]c1ccc2c(c1)c1ccccc1n2-c1cc(C#N)cc(-n2c3ccccc3c3cc(C#N)ccc32)c1-c1nc(-c2ccccc2)nc(-c2ccccc2)n1. The summed E-state index contributed by atoms with van der Waals surface area (Å²) in [7, 11) is 0. The van der Waals surface area contributed by atoms with Crippen LogP contribution in [0.1, 0.15) is 11.1 Å². The molecule has 56 heavy (non-hydrogen) atoms. The molecule has 0 aliphatic heterocycles. The van der Waals surface area contributed by atoms with E-state index in [1.54, 1.807) is 0 Å². The molecule has 0 aliphatic rings. The Kier molecular flexibility index (Phi) is 7.46. The highest BCUT2D eigenvalue weighted by atomic mass is 15.1. The van der Waals surface area contributed by atoms with Crippen LogP contribution in [-0.2, 0) is 0 Å². The molecule has 7 aromatic carbocycles. The second-order valence-corrected chi connectivity index (χ2v) is 13.4. The lowest BCUT2D eigenvalue weighted by atomic mass is 10.0. The zero-order chi connectivity index (χ0) is 37.8. The highest BCUT2D eigenvalue weighted by Gasteiger charge is 2.26. The van der Waals surface area contributed by atoms with Gasteiger partial charge < -0.3 is 9.13 Å². The van der Waals surface area contributed by atoms with Crippen LogP contribution in [0.3, 0.4) is 0 Å². The Morgan fingerprint density at radius 2 is 0.911 bits per heavy atom. The Hall–Kier alpha value is -8.38. The van der Waals surface area contributed by atoms with Gasteiger partial charge in [0.1, 0.15) is 0 Å². The summed E-state index contributed by atoms with van der Waals surface area (Å²) in [5.41, 5.74) is 8.72. The van der Waals surface area contributed by atoms with Gasteiger partial charge in [0.05, 0.1) is 68.8 Å². The molecule has 0 fully saturated rings. The Morgan fingerprint density at radius 3 is 1.45 bits per heavy atom. The van der Waals surface area contributed by atoms with Crippen molar-refractivity contribution in [1.29, 1.82) is 10.5 Å². The third-order valence-electron chi connectivity index (χ3n) is 10.2. The van der Waals surface area contributed by atoms with Gasteiger partial charge in [0.25, 0.3) is 0 Å². The molecule has 258 valence electrons. The quantitative estimate of drug-likeness (QED) is 0.165. The van der Waals surface area contributed by atoms with Gasteiger partial charge >= 0.3 is 0 Å². The molecule has 10 aromatic rings. The van der Waals surface area contributed by atoms with Crippen molar-refractivity contribution in [2.45, 2.75) is 0 Å². The fourth-order valence-corrected chi connectivity index (χ4v) is 7.77. The van der Waals surface area contributed by atoms with E-state index in [-0.39, 0.29) is 0 Å². The molecule has 8 heteroatoms. The minimum atomic E-state index is 0.412. The molecule has 0 saturated heterocycles. The van der Waals surface area contributed by atoms with E-state index >= 15 is 0 Å². The fourth-order valence-electron chi connectivity index (χ4n) is 7.77. The summed E-state index contributed by atoms with van der Waals surface area (Å²) >= 11 is 0. The summed E-state index contributed by atoms with van der Waals surface area (Å²) in [5.74, 6) is 1.41. The molecule has 0 atom stereocenters. The first-order chi connectivity index (χ1) is 27.6. The van der Waals surface area contributed by atoms with Crippen molar-refractivity contribution in [1.82, 2.24) is 24.1 Å². The van der Waals surface area contributed by atoms with E-state index < -0.39 is 0 Å². The summed E-state index contributed by atoms with van der Waals surface area (Å²) in [4.78, 5) is 19.3. The Bertz CT molecular complexity index is 3130. The van der Waals surface area contributed by atoms with Crippen molar-refractivity contribution in [3.63, 3.8) is 0 Å². The van der Waals surface area contributed by atoms with E-state index in [1.165, 1.54) is 0 Å². The van der Waals surface area contributed by atoms with Crippen LogP contribution in [0.25, 0.3) is 94.0 Å². The summed E-state index contributed by atoms with van der Waals surface area (Å²) in [6.45, 7) is 7.78. The average molecular weight is 715 g/mol. The van der Waals surface area contributed by atoms with E-state index in [9.17, 15) is 10.5 Å². The second kappa shape index (κ2) is 12.9. The molecule has 10 rings (SSSR count). The topological polar surface area (TPSA) is 100 Å². The standard InChI is InChI=1S/C48H26N8/c1-51-34-21-23-42-38(27-34)36-17-9-11-19-40(36)56(42)44-26-31(29-50)25-43(55-39-18-10-8-16-35(39)37-24-30(28-49)20-22-41(37)55)45(44)48-53-46(32-12-4-2-5-13-32)52-47(54-48)33-14-6-3-7-15-33/h2-27H. The van der Waals surface area contributed by atoms with Crippen LogP contribution in [0.2, 0.25) is 0 Å². The maximum Gasteiger partial charge on any atom is 0.188 e. The molecule has 0 N–H and O–H groups in total. The Balaban J connectivity index is 1.42. The van der Waals surface area contributed by atoms with Gasteiger partial charge in [-0.3, -0.25) is 0 Å². The molecular formula is C48H26N8. The highest BCUT2D eigenvalue weighted by Crippen LogP contribution is 2.43. The number of aromatic nitrogens is 5. The van der Waals surface area contributed by atoms with E-state index in [4.69, 9.17) is 21.5 Å². The maximum absolute atomic E-state index is 10.7. The first kappa shape index (κ1) is 32.3. The van der Waals surface area contributed by atoms with Crippen LogP contribution in [0, 0.1) is 29.2 Å². The molecule has 0 radical (unpaired) electrons. The molecule has 0 bridgehead atoms. The number of rotatable bonds is 5. The molecule has 0 aliphatic carbocycles. The smallest absolute Gasteiger partial charge is 0.188 e. The van der Waals surface area contributed by atoms with Crippen molar-refractivity contribution in [3.8, 4) is 57.7 Å². The van der Waals surface area contributed by atoms with Crippen molar-refractivity contribution in [2.24, 2.45) is 0 Å². The van der Waals surface area contributed by atoms with Gasteiger partial charge in [-0.2, -0.15) is 10.5 Å². The highest BCUT2D eigenvalue weighted by molar-refractivity contribution is 6.12. The minimum Gasteiger partial charge on any atom is -0.308 e. The lowest BCUT2D eigenvalue weighted by Crippen LogP contribution is -2.08. The van der Waals surface area contributed by atoms with E-state index in [0.717, 1.165) is 54.7 Å². The molecule has 3 heterocycles. The predicted molar refractivity (Wildman–Crippen MR) is 221 cm³/mol. The van der Waals surface area contributed by atoms with E-state index in [0.29, 0.717) is 51.2 Å². The van der Waals surface area contributed by atoms with Gasteiger partial charge in [0.2, 0.25) is 0 Å². The number of nitrogens with zero attached hydrogens (tertiary/aromatic N) is 8. The van der Waals surface area contributed by atoms with Gasteiger partial charge in [-0.25, -0.2) is 19.8 Å². The van der Waals surface area contributed by atoms with Crippen LogP contribution >= 0.6 is 0 Å². The molecule has 0 saturated carbocycles. The third-order valence-corrected chi connectivity index (χ3v) is 10.2. The van der Waals surface area contributed by atoms with Crippen LogP contribution in [0.4, 0.5) is 5.69 Å². The third kappa shape index (κ3) is 5.09. The number of benzene rings is 7. The summed E-state index contributed by atoms with van der Waals surface area (Å²) < 4.78 is 4.29. The van der Waals surface area contributed by atoms with E-state index in [2.05, 4.69) is 50.4 Å². The zero-order valence-electron chi connectivity index (χ0n) is 29.6. The fraction of sp³-hybridized carbons (Fsp3) is 0. The van der Waals surface area contributed by atoms with Crippen molar-refractivity contribution >= 4 is 49.3 Å². The number of hydrogen-bond acceptors (Lipinski definition) is 5. The number of nitriles is 2. The summed E-state index contributed by atoms with van der Waals surface area (Å²) in [5, 5.41) is 24.4. The average Bonchev–Trinajstić information content (AvgIpc) is 3.78. The maximum atomic E-state index is 10.7. The van der Waals surface area contributed by atoms with Gasteiger partial charge in [-0.1, -0.05) is 103 Å². The minimum absolute atomic E-state index is 0.412. The normalized spacial score (nSPS) is 11.2. The number of para-hydroxylation sites is 2. The van der Waals surface area contributed by atoms with Crippen molar-refractivity contribution in [2.75, 3.05) is 0 Å². The van der Waals surface area contributed by atoms with Crippen molar-refractivity contribution in [3.05, 3.63) is 180 Å².